The van der Waals surface area contributed by atoms with Crippen LogP contribution in [0.25, 0.3) is 0 Å². The summed E-state index contributed by atoms with van der Waals surface area (Å²) in [5, 5.41) is 12.6. The Bertz CT molecular complexity index is 715. The van der Waals surface area contributed by atoms with Crippen LogP contribution in [0.4, 0.5) is 0 Å². The summed E-state index contributed by atoms with van der Waals surface area (Å²) < 4.78 is 0. The lowest BCUT2D eigenvalue weighted by molar-refractivity contribution is -0.145. The molecule has 4 N–H and O–H groups in total. The van der Waals surface area contributed by atoms with E-state index in [1.54, 1.807) is 17.0 Å². The molecule has 29 heavy (non-hydrogen) atoms. The molecule has 1 heterocycles. The lowest BCUT2D eigenvalue weighted by Crippen LogP contribution is -2.46. The summed E-state index contributed by atoms with van der Waals surface area (Å²) in [5.74, 6) is -1.69. The maximum atomic E-state index is 12.8. The van der Waals surface area contributed by atoms with Crippen molar-refractivity contribution in [3.05, 3.63) is 34.9 Å². The minimum atomic E-state index is -0.805. The monoisotopic (exact) mass is 423 g/mol. The molecule has 1 aromatic rings. The van der Waals surface area contributed by atoms with Crippen molar-refractivity contribution in [2.24, 2.45) is 17.6 Å². The first-order valence-electron chi connectivity index (χ1n) is 9.98. The smallest absolute Gasteiger partial charge is 0.306 e. The molecule has 0 aromatic heterocycles. The number of aliphatic carboxylic acids is 1. The number of carboxylic acid groups (broad SMARTS) is 1. The maximum Gasteiger partial charge on any atom is 0.306 e. The number of carbonyl (C=O) groups excluding carboxylic acids is 2. The van der Waals surface area contributed by atoms with Gasteiger partial charge in [-0.15, -0.1) is 0 Å². The standard InChI is InChI=1S/C21H30ClN3O4/c1-13(2)19(23)20(27)24-12-16(14-3-5-17(22)6-4-14)11-18(26)25-9-7-15(8-10-25)21(28)29/h3-6,13,15-16,19H,7-12,23H2,1-2H3,(H,24,27)(H,28,29)/t16-,19+/m1/s1. The van der Waals surface area contributed by atoms with Crippen LogP contribution >= 0.6 is 11.6 Å². The Balaban J connectivity index is 2.03. The quantitative estimate of drug-likeness (QED) is 0.593. The van der Waals surface area contributed by atoms with Gasteiger partial charge in [-0.25, -0.2) is 0 Å². The zero-order valence-electron chi connectivity index (χ0n) is 16.9. The number of piperidine rings is 1. The van der Waals surface area contributed by atoms with E-state index in [1.165, 1.54) is 0 Å². The van der Waals surface area contributed by atoms with E-state index >= 15 is 0 Å². The summed E-state index contributed by atoms with van der Waals surface area (Å²) in [6.07, 6.45) is 1.15. The Morgan fingerprint density at radius 1 is 1.21 bits per heavy atom. The molecule has 0 aliphatic carbocycles. The van der Waals surface area contributed by atoms with Gasteiger partial charge in [0.05, 0.1) is 12.0 Å². The largest absolute Gasteiger partial charge is 0.481 e. The molecule has 0 bridgehead atoms. The molecule has 160 valence electrons. The second kappa shape index (κ2) is 10.6. The van der Waals surface area contributed by atoms with Crippen molar-refractivity contribution >= 4 is 29.4 Å². The van der Waals surface area contributed by atoms with E-state index in [9.17, 15) is 14.4 Å². The average Bonchev–Trinajstić information content (AvgIpc) is 2.70. The van der Waals surface area contributed by atoms with Crippen LogP contribution in [-0.4, -0.2) is 53.5 Å². The van der Waals surface area contributed by atoms with Gasteiger partial charge in [-0.3, -0.25) is 14.4 Å². The van der Waals surface area contributed by atoms with Crippen molar-refractivity contribution in [2.75, 3.05) is 19.6 Å². The van der Waals surface area contributed by atoms with E-state index in [-0.39, 0.29) is 42.5 Å². The van der Waals surface area contributed by atoms with Crippen molar-refractivity contribution in [1.29, 1.82) is 0 Å². The van der Waals surface area contributed by atoms with Crippen molar-refractivity contribution in [1.82, 2.24) is 10.2 Å². The highest BCUT2D eigenvalue weighted by Crippen LogP contribution is 2.24. The highest BCUT2D eigenvalue weighted by atomic mass is 35.5. The summed E-state index contributed by atoms with van der Waals surface area (Å²) >= 11 is 5.98. The number of hydrogen-bond acceptors (Lipinski definition) is 4. The van der Waals surface area contributed by atoms with Gasteiger partial charge in [-0.1, -0.05) is 37.6 Å². The number of nitrogens with zero attached hydrogens (tertiary/aromatic N) is 1. The van der Waals surface area contributed by atoms with Gasteiger partial charge >= 0.3 is 5.97 Å². The summed E-state index contributed by atoms with van der Waals surface area (Å²) in [6, 6.07) is 6.62. The number of halogens is 1. The zero-order valence-corrected chi connectivity index (χ0v) is 17.7. The maximum absolute atomic E-state index is 12.8. The van der Waals surface area contributed by atoms with Crippen molar-refractivity contribution in [3.8, 4) is 0 Å². The van der Waals surface area contributed by atoms with Crippen LogP contribution in [0, 0.1) is 11.8 Å². The Morgan fingerprint density at radius 2 is 1.79 bits per heavy atom. The molecule has 0 unspecified atom stereocenters. The van der Waals surface area contributed by atoms with E-state index in [4.69, 9.17) is 22.4 Å². The minimum absolute atomic E-state index is 0.0149. The normalized spacial score (nSPS) is 17.1. The molecule has 2 rings (SSSR count). The molecule has 1 aliphatic rings. The first kappa shape index (κ1) is 23.2. The summed E-state index contributed by atoms with van der Waals surface area (Å²) in [7, 11) is 0. The van der Waals surface area contributed by atoms with E-state index in [1.807, 2.05) is 26.0 Å². The molecular weight excluding hydrogens is 394 g/mol. The number of hydrogen-bond donors (Lipinski definition) is 3. The van der Waals surface area contributed by atoms with Crippen molar-refractivity contribution < 1.29 is 19.5 Å². The fourth-order valence-electron chi connectivity index (χ4n) is 3.40. The summed E-state index contributed by atoms with van der Waals surface area (Å²) in [4.78, 5) is 37.9. The number of nitrogens with one attached hydrogen (secondary N) is 1. The Hall–Kier alpha value is -2.12. The van der Waals surface area contributed by atoms with E-state index in [0.717, 1.165) is 5.56 Å². The van der Waals surface area contributed by atoms with Gasteiger partial charge in [-0.2, -0.15) is 0 Å². The predicted molar refractivity (Wildman–Crippen MR) is 112 cm³/mol. The van der Waals surface area contributed by atoms with Crippen LogP contribution in [0.5, 0.6) is 0 Å². The third-order valence-electron chi connectivity index (χ3n) is 5.50. The van der Waals surface area contributed by atoms with Crippen LogP contribution in [0.15, 0.2) is 24.3 Å². The Labute approximate surface area is 176 Å². The first-order valence-corrected chi connectivity index (χ1v) is 10.4. The predicted octanol–water partition coefficient (Wildman–Crippen LogP) is 2.24. The third kappa shape index (κ3) is 6.72. The van der Waals surface area contributed by atoms with E-state index < -0.39 is 12.0 Å². The van der Waals surface area contributed by atoms with Crippen molar-refractivity contribution in [3.63, 3.8) is 0 Å². The lowest BCUT2D eigenvalue weighted by Gasteiger charge is -2.31. The van der Waals surface area contributed by atoms with Crippen LogP contribution in [0.3, 0.4) is 0 Å². The molecule has 1 aliphatic heterocycles. The second-order valence-corrected chi connectivity index (χ2v) is 8.40. The topological polar surface area (TPSA) is 113 Å². The SMILES string of the molecule is CC(C)[C@H](N)C(=O)NC[C@@H](CC(=O)N1CCC(C(=O)O)CC1)c1ccc(Cl)cc1. The van der Waals surface area contributed by atoms with Gasteiger partial charge < -0.3 is 21.1 Å². The van der Waals surface area contributed by atoms with Gasteiger partial charge in [0, 0.05) is 37.0 Å². The molecule has 7 nitrogen and oxygen atoms in total. The Kier molecular flexibility index (Phi) is 8.46. The van der Waals surface area contributed by atoms with Crippen LogP contribution < -0.4 is 11.1 Å². The highest BCUT2D eigenvalue weighted by molar-refractivity contribution is 6.30. The van der Waals surface area contributed by atoms with Gasteiger partial charge in [0.1, 0.15) is 0 Å². The Morgan fingerprint density at radius 3 is 2.31 bits per heavy atom. The second-order valence-electron chi connectivity index (χ2n) is 7.96. The molecule has 2 amide bonds. The molecule has 2 atom stereocenters. The molecule has 1 saturated heterocycles. The van der Waals surface area contributed by atoms with Crippen LogP contribution in [0.1, 0.15) is 44.6 Å². The fourth-order valence-corrected chi connectivity index (χ4v) is 3.53. The van der Waals surface area contributed by atoms with Crippen LogP contribution in [-0.2, 0) is 14.4 Å². The summed E-state index contributed by atoms with van der Waals surface area (Å²) in [5.41, 5.74) is 6.81. The molecule has 1 aromatic carbocycles. The molecular formula is C21H30ClN3O4. The fraction of sp³-hybridized carbons (Fsp3) is 0.571. The first-order chi connectivity index (χ1) is 13.7. The third-order valence-corrected chi connectivity index (χ3v) is 5.75. The van der Waals surface area contributed by atoms with E-state index in [0.29, 0.717) is 31.0 Å². The highest BCUT2D eigenvalue weighted by Gasteiger charge is 2.29. The number of amides is 2. The van der Waals surface area contributed by atoms with Gasteiger partial charge in [0.2, 0.25) is 11.8 Å². The van der Waals surface area contributed by atoms with Crippen molar-refractivity contribution in [2.45, 2.75) is 45.1 Å². The molecule has 0 saturated carbocycles. The number of rotatable bonds is 8. The lowest BCUT2D eigenvalue weighted by atomic mass is 9.93. The average molecular weight is 424 g/mol. The zero-order chi connectivity index (χ0) is 21.6. The summed E-state index contributed by atoms with van der Waals surface area (Å²) in [6.45, 7) is 4.93. The number of likely N-dealkylation sites (tertiary alicyclic amines) is 1. The van der Waals surface area contributed by atoms with Gasteiger partial charge in [-0.05, 0) is 36.5 Å². The molecule has 0 spiro atoms. The molecule has 8 heteroatoms. The molecule has 1 fully saturated rings. The number of benzene rings is 1. The van der Waals surface area contributed by atoms with Gasteiger partial charge in [0.25, 0.3) is 0 Å². The number of nitrogens with two attached hydrogens (primary N) is 1. The van der Waals surface area contributed by atoms with Crippen LogP contribution in [0.2, 0.25) is 5.02 Å². The van der Waals surface area contributed by atoms with E-state index in [2.05, 4.69) is 5.32 Å². The molecule has 0 radical (unpaired) electrons. The number of carbonyl (C=O) groups is 3. The van der Waals surface area contributed by atoms with Gasteiger partial charge in [0.15, 0.2) is 0 Å². The minimum Gasteiger partial charge on any atom is -0.481 e. The number of carboxylic acids is 1.